The third-order valence-corrected chi connectivity index (χ3v) is 3.70. The van der Waals surface area contributed by atoms with E-state index in [1.807, 2.05) is 6.92 Å². The number of aryl methyl sites for hydroxylation is 1. The van der Waals surface area contributed by atoms with Crippen molar-refractivity contribution in [2.45, 2.75) is 11.8 Å². The molecule has 0 N–H and O–H groups in total. The molecule has 0 amide bonds. The third kappa shape index (κ3) is 3.23. The Bertz CT molecular complexity index is 648. The summed E-state index contributed by atoms with van der Waals surface area (Å²) in [6.45, 7) is 1.88. The number of methoxy groups -OCH3 is 1. The first kappa shape index (κ1) is 13.4. The van der Waals surface area contributed by atoms with Gasteiger partial charge in [0.1, 0.15) is 4.90 Å². The topological polar surface area (TPSA) is 65.5 Å². The fourth-order valence-corrected chi connectivity index (χ4v) is 2.33. The predicted octanol–water partition coefficient (Wildman–Crippen LogP) is 2.17. The lowest BCUT2D eigenvalue weighted by Crippen LogP contribution is -2.09. The molecule has 6 heteroatoms. The number of ether oxygens (including phenoxy) is 1. The van der Waals surface area contributed by atoms with E-state index in [2.05, 4.69) is 4.98 Å². The molecule has 2 rings (SSSR count). The zero-order valence-electron chi connectivity index (χ0n) is 10.5. The highest BCUT2D eigenvalue weighted by Gasteiger charge is 2.16. The van der Waals surface area contributed by atoms with Gasteiger partial charge in [-0.15, -0.1) is 0 Å². The van der Waals surface area contributed by atoms with Crippen LogP contribution in [0.4, 0.5) is 0 Å². The molecule has 0 saturated carbocycles. The van der Waals surface area contributed by atoms with Crippen LogP contribution in [0.1, 0.15) is 5.56 Å². The number of hydrogen-bond acceptors (Lipinski definition) is 5. The lowest BCUT2D eigenvalue weighted by molar-refractivity contribution is 0.396. The minimum atomic E-state index is -3.83. The predicted molar refractivity (Wildman–Crippen MR) is 69.8 cm³/mol. The summed E-state index contributed by atoms with van der Waals surface area (Å²) in [5, 5.41) is 0. The molecule has 1 heterocycles. The van der Waals surface area contributed by atoms with Crippen molar-refractivity contribution in [2.24, 2.45) is 0 Å². The Balaban J connectivity index is 2.23. The van der Waals surface area contributed by atoms with Crippen molar-refractivity contribution in [1.82, 2.24) is 4.98 Å². The Morgan fingerprint density at radius 3 is 2.26 bits per heavy atom. The molecule has 2 aromatic rings. The Morgan fingerprint density at radius 1 is 1.05 bits per heavy atom. The standard InChI is InChI=1S/C13H13NO4S/c1-10-3-6-12(7-4-10)19(15,16)18-11-5-8-13(17-2)14-9-11/h3-9H,1-2H3. The van der Waals surface area contributed by atoms with Crippen LogP contribution in [-0.2, 0) is 10.1 Å². The summed E-state index contributed by atoms with van der Waals surface area (Å²) in [5.74, 6) is 0.529. The summed E-state index contributed by atoms with van der Waals surface area (Å²) in [6.07, 6.45) is 1.30. The molecular formula is C13H13NO4S. The summed E-state index contributed by atoms with van der Waals surface area (Å²) < 4.78 is 33.8. The van der Waals surface area contributed by atoms with Crippen LogP contribution in [0.15, 0.2) is 47.5 Å². The molecule has 0 unspecified atom stereocenters. The van der Waals surface area contributed by atoms with Crippen LogP contribution in [0.25, 0.3) is 0 Å². The zero-order valence-corrected chi connectivity index (χ0v) is 11.3. The Labute approximate surface area is 111 Å². The second kappa shape index (κ2) is 5.27. The van der Waals surface area contributed by atoms with Crippen molar-refractivity contribution < 1.29 is 17.3 Å². The van der Waals surface area contributed by atoms with E-state index in [0.717, 1.165) is 5.56 Å². The zero-order chi connectivity index (χ0) is 13.9. The van der Waals surface area contributed by atoms with Gasteiger partial charge in [0.05, 0.1) is 13.3 Å². The van der Waals surface area contributed by atoms with Gasteiger partial charge in [0, 0.05) is 6.07 Å². The minimum Gasteiger partial charge on any atom is -0.481 e. The summed E-state index contributed by atoms with van der Waals surface area (Å²) in [7, 11) is -2.35. The van der Waals surface area contributed by atoms with Crippen LogP contribution >= 0.6 is 0 Å². The number of benzene rings is 1. The lowest BCUT2D eigenvalue weighted by Gasteiger charge is -2.07. The molecule has 0 spiro atoms. The van der Waals surface area contributed by atoms with Gasteiger partial charge in [0.15, 0.2) is 5.75 Å². The van der Waals surface area contributed by atoms with Crippen molar-refractivity contribution in [3.63, 3.8) is 0 Å². The van der Waals surface area contributed by atoms with Crippen LogP contribution < -0.4 is 8.92 Å². The summed E-state index contributed by atoms with van der Waals surface area (Å²) in [5.41, 5.74) is 0.977. The molecule has 0 aliphatic carbocycles. The van der Waals surface area contributed by atoms with Crippen molar-refractivity contribution in [1.29, 1.82) is 0 Å². The van der Waals surface area contributed by atoms with Crippen molar-refractivity contribution >= 4 is 10.1 Å². The summed E-state index contributed by atoms with van der Waals surface area (Å²) in [4.78, 5) is 3.98. The van der Waals surface area contributed by atoms with Gasteiger partial charge in [-0.05, 0) is 25.1 Å². The first-order valence-corrected chi connectivity index (χ1v) is 6.93. The molecule has 0 radical (unpaired) electrons. The Hall–Kier alpha value is -2.08. The number of rotatable bonds is 4. The molecule has 0 bridgehead atoms. The number of hydrogen-bond donors (Lipinski definition) is 0. The highest BCUT2D eigenvalue weighted by molar-refractivity contribution is 7.87. The average molecular weight is 279 g/mol. The fourth-order valence-electron chi connectivity index (χ4n) is 1.42. The second-order valence-electron chi connectivity index (χ2n) is 3.89. The monoisotopic (exact) mass is 279 g/mol. The van der Waals surface area contributed by atoms with Crippen LogP contribution in [-0.4, -0.2) is 20.5 Å². The molecule has 1 aromatic carbocycles. The van der Waals surface area contributed by atoms with Gasteiger partial charge in [-0.1, -0.05) is 17.7 Å². The van der Waals surface area contributed by atoms with E-state index in [9.17, 15) is 8.42 Å². The first-order chi connectivity index (χ1) is 9.01. The van der Waals surface area contributed by atoms with Crippen LogP contribution in [0.5, 0.6) is 11.6 Å². The van der Waals surface area contributed by atoms with Gasteiger partial charge < -0.3 is 8.92 Å². The van der Waals surface area contributed by atoms with Gasteiger partial charge in [-0.25, -0.2) is 4.98 Å². The maximum absolute atomic E-state index is 12.0. The van der Waals surface area contributed by atoms with E-state index in [4.69, 9.17) is 8.92 Å². The molecule has 0 aliphatic heterocycles. The third-order valence-electron chi connectivity index (χ3n) is 2.43. The van der Waals surface area contributed by atoms with E-state index in [1.54, 1.807) is 12.1 Å². The smallest absolute Gasteiger partial charge is 0.339 e. The molecule has 19 heavy (non-hydrogen) atoms. The summed E-state index contributed by atoms with van der Waals surface area (Å²) >= 11 is 0. The molecule has 1 aromatic heterocycles. The highest BCUT2D eigenvalue weighted by atomic mass is 32.2. The van der Waals surface area contributed by atoms with Gasteiger partial charge in [-0.3, -0.25) is 0 Å². The van der Waals surface area contributed by atoms with E-state index < -0.39 is 10.1 Å². The second-order valence-corrected chi connectivity index (χ2v) is 5.43. The van der Waals surface area contributed by atoms with Crippen LogP contribution in [0.2, 0.25) is 0 Å². The molecule has 0 saturated heterocycles. The first-order valence-electron chi connectivity index (χ1n) is 5.52. The van der Waals surface area contributed by atoms with Gasteiger partial charge >= 0.3 is 10.1 Å². The average Bonchev–Trinajstić information content (AvgIpc) is 2.40. The Morgan fingerprint density at radius 2 is 1.74 bits per heavy atom. The maximum atomic E-state index is 12.0. The number of nitrogens with zero attached hydrogens (tertiary/aromatic N) is 1. The molecular weight excluding hydrogens is 266 g/mol. The van der Waals surface area contributed by atoms with E-state index >= 15 is 0 Å². The molecule has 0 fully saturated rings. The van der Waals surface area contributed by atoms with Crippen LogP contribution in [0.3, 0.4) is 0 Å². The molecule has 5 nitrogen and oxygen atoms in total. The SMILES string of the molecule is COc1ccc(OS(=O)(=O)c2ccc(C)cc2)cn1. The van der Waals surface area contributed by atoms with Crippen LogP contribution in [0, 0.1) is 6.92 Å². The van der Waals surface area contributed by atoms with Crippen molar-refractivity contribution in [3.05, 3.63) is 48.2 Å². The normalized spacial score (nSPS) is 11.1. The lowest BCUT2D eigenvalue weighted by atomic mass is 10.2. The van der Waals surface area contributed by atoms with Crippen molar-refractivity contribution in [2.75, 3.05) is 7.11 Å². The van der Waals surface area contributed by atoms with E-state index in [1.165, 1.54) is 37.6 Å². The molecule has 0 atom stereocenters. The van der Waals surface area contributed by atoms with E-state index in [0.29, 0.717) is 5.88 Å². The minimum absolute atomic E-state index is 0.105. The number of pyridine rings is 1. The largest absolute Gasteiger partial charge is 0.481 e. The Kier molecular flexibility index (Phi) is 3.71. The van der Waals surface area contributed by atoms with Crippen molar-refractivity contribution in [3.8, 4) is 11.6 Å². The fraction of sp³-hybridized carbons (Fsp3) is 0.154. The highest BCUT2D eigenvalue weighted by Crippen LogP contribution is 2.19. The van der Waals surface area contributed by atoms with Gasteiger partial charge in [0.25, 0.3) is 0 Å². The quantitative estimate of drug-likeness (QED) is 0.802. The number of aromatic nitrogens is 1. The molecule has 100 valence electrons. The van der Waals surface area contributed by atoms with E-state index in [-0.39, 0.29) is 10.6 Å². The summed E-state index contributed by atoms with van der Waals surface area (Å²) in [6, 6.07) is 9.44. The van der Waals surface area contributed by atoms with Gasteiger partial charge in [-0.2, -0.15) is 8.42 Å². The maximum Gasteiger partial charge on any atom is 0.339 e. The van der Waals surface area contributed by atoms with Gasteiger partial charge in [0.2, 0.25) is 5.88 Å². The molecule has 0 aliphatic rings.